The van der Waals surface area contributed by atoms with Crippen molar-refractivity contribution in [2.24, 2.45) is 7.05 Å². The van der Waals surface area contributed by atoms with Gasteiger partial charge in [0.15, 0.2) is 17.3 Å². The van der Waals surface area contributed by atoms with Crippen molar-refractivity contribution >= 4 is 28.0 Å². The number of anilines is 1. The number of nitrogens with zero attached hydrogens (tertiary/aromatic N) is 7. The minimum Gasteiger partial charge on any atom is -0.358 e. The van der Waals surface area contributed by atoms with E-state index in [0.717, 1.165) is 0 Å². The van der Waals surface area contributed by atoms with E-state index in [1.807, 2.05) is 30.8 Å². The lowest BCUT2D eigenvalue weighted by molar-refractivity contribution is 0.629. The van der Waals surface area contributed by atoms with Crippen LogP contribution < -0.4 is 5.32 Å². The van der Waals surface area contributed by atoms with E-state index in [1.165, 1.54) is 18.5 Å². The van der Waals surface area contributed by atoms with Gasteiger partial charge >= 0.3 is 0 Å². The monoisotopic (exact) mass is 377 g/mol. The molecule has 2 N–H and O–H groups in total. The molecule has 0 aliphatic rings. The highest BCUT2D eigenvalue weighted by Crippen LogP contribution is 2.28. The molecule has 0 aliphatic carbocycles. The third-order valence-corrected chi connectivity index (χ3v) is 4.53. The SMILES string of the molecule is C[C@H](Nc1ncnc2nc[nH]c12)c1nc2ccc(F)cc2n1-c1ccn(C)n1. The van der Waals surface area contributed by atoms with Crippen LogP contribution in [0.5, 0.6) is 0 Å². The highest BCUT2D eigenvalue weighted by Gasteiger charge is 2.21. The third-order valence-electron chi connectivity index (χ3n) is 4.53. The fourth-order valence-corrected chi connectivity index (χ4v) is 3.26. The molecule has 0 aliphatic heterocycles. The molecule has 5 aromatic rings. The molecule has 0 bridgehead atoms. The molecule has 0 saturated carbocycles. The summed E-state index contributed by atoms with van der Waals surface area (Å²) in [7, 11) is 1.83. The van der Waals surface area contributed by atoms with E-state index in [-0.39, 0.29) is 11.9 Å². The molecule has 1 aromatic carbocycles. The summed E-state index contributed by atoms with van der Waals surface area (Å²) in [4.78, 5) is 20.3. The quantitative estimate of drug-likeness (QED) is 0.499. The maximum atomic E-state index is 13.9. The van der Waals surface area contributed by atoms with Gasteiger partial charge < -0.3 is 10.3 Å². The van der Waals surface area contributed by atoms with Crippen LogP contribution in [0.2, 0.25) is 0 Å². The number of halogens is 1. The number of hydrogen-bond donors (Lipinski definition) is 2. The van der Waals surface area contributed by atoms with Crippen molar-refractivity contribution in [2.45, 2.75) is 13.0 Å². The van der Waals surface area contributed by atoms with E-state index in [0.29, 0.717) is 39.7 Å². The van der Waals surface area contributed by atoms with E-state index >= 15 is 0 Å². The van der Waals surface area contributed by atoms with Gasteiger partial charge in [0, 0.05) is 25.4 Å². The normalized spacial score (nSPS) is 12.7. The molecular formula is C18H16FN9. The van der Waals surface area contributed by atoms with Gasteiger partial charge in [0.2, 0.25) is 0 Å². The summed E-state index contributed by atoms with van der Waals surface area (Å²) in [6.07, 6.45) is 4.86. The van der Waals surface area contributed by atoms with Crippen LogP contribution in [0.3, 0.4) is 0 Å². The number of benzene rings is 1. The molecule has 10 heteroatoms. The smallest absolute Gasteiger partial charge is 0.182 e. The van der Waals surface area contributed by atoms with Crippen LogP contribution in [0.25, 0.3) is 28.0 Å². The van der Waals surface area contributed by atoms with Gasteiger partial charge in [-0.05, 0) is 19.1 Å². The second-order valence-electron chi connectivity index (χ2n) is 6.48. The second kappa shape index (κ2) is 6.12. The molecule has 4 aromatic heterocycles. The molecule has 1 atom stereocenters. The van der Waals surface area contributed by atoms with Gasteiger partial charge in [0.1, 0.15) is 23.5 Å². The molecule has 0 unspecified atom stereocenters. The summed E-state index contributed by atoms with van der Waals surface area (Å²) in [6, 6.07) is 6.14. The summed E-state index contributed by atoms with van der Waals surface area (Å²) in [5.41, 5.74) is 2.62. The minimum absolute atomic E-state index is 0.251. The first kappa shape index (κ1) is 16.4. The Labute approximate surface area is 158 Å². The Morgan fingerprint density at radius 1 is 1.18 bits per heavy atom. The summed E-state index contributed by atoms with van der Waals surface area (Å²) in [5, 5.41) is 7.82. The number of nitrogens with one attached hydrogen (secondary N) is 2. The van der Waals surface area contributed by atoms with Crippen molar-refractivity contribution in [3.63, 3.8) is 0 Å². The lowest BCUT2D eigenvalue weighted by atomic mass is 10.3. The van der Waals surface area contributed by atoms with Gasteiger partial charge in [-0.3, -0.25) is 9.25 Å². The van der Waals surface area contributed by atoms with Crippen LogP contribution in [-0.4, -0.2) is 39.3 Å². The average molecular weight is 377 g/mol. The number of aromatic nitrogens is 8. The first-order valence-corrected chi connectivity index (χ1v) is 8.68. The number of aryl methyl sites for hydroxylation is 1. The molecular weight excluding hydrogens is 361 g/mol. The van der Waals surface area contributed by atoms with E-state index in [2.05, 4.69) is 30.4 Å². The number of H-pyrrole nitrogens is 1. The van der Waals surface area contributed by atoms with Crippen LogP contribution in [0.15, 0.2) is 43.1 Å². The highest BCUT2D eigenvalue weighted by molar-refractivity contribution is 5.82. The maximum Gasteiger partial charge on any atom is 0.182 e. The molecule has 9 nitrogen and oxygen atoms in total. The molecule has 28 heavy (non-hydrogen) atoms. The first-order chi connectivity index (χ1) is 13.6. The number of imidazole rings is 2. The van der Waals surface area contributed by atoms with E-state index in [1.54, 1.807) is 17.1 Å². The zero-order valence-corrected chi connectivity index (χ0v) is 15.1. The largest absolute Gasteiger partial charge is 0.358 e. The van der Waals surface area contributed by atoms with Gasteiger partial charge in [0.25, 0.3) is 0 Å². The molecule has 0 spiro atoms. The van der Waals surface area contributed by atoms with Gasteiger partial charge in [-0.2, -0.15) is 5.10 Å². The molecule has 5 rings (SSSR count). The minimum atomic E-state index is -0.327. The Balaban J connectivity index is 1.64. The topological polar surface area (TPSA) is 102 Å². The summed E-state index contributed by atoms with van der Waals surface area (Å²) >= 11 is 0. The lowest BCUT2D eigenvalue weighted by Crippen LogP contribution is -2.14. The molecule has 140 valence electrons. The van der Waals surface area contributed by atoms with Crippen molar-refractivity contribution < 1.29 is 4.39 Å². The fourth-order valence-electron chi connectivity index (χ4n) is 3.26. The zero-order chi connectivity index (χ0) is 19.3. The van der Waals surface area contributed by atoms with Gasteiger partial charge in [-0.1, -0.05) is 0 Å². The van der Waals surface area contributed by atoms with Crippen LogP contribution >= 0.6 is 0 Å². The van der Waals surface area contributed by atoms with Crippen LogP contribution in [-0.2, 0) is 7.05 Å². The van der Waals surface area contributed by atoms with Crippen LogP contribution in [0.1, 0.15) is 18.8 Å². The Morgan fingerprint density at radius 2 is 2.07 bits per heavy atom. The van der Waals surface area contributed by atoms with Crippen LogP contribution in [0.4, 0.5) is 10.2 Å². The predicted octanol–water partition coefficient (Wildman–Crippen LogP) is 2.74. The Hall–Kier alpha value is -3.82. The van der Waals surface area contributed by atoms with E-state index < -0.39 is 0 Å². The fraction of sp³-hybridized carbons (Fsp3) is 0.167. The standard InChI is InChI=1S/C18H16FN9/c1-10(24-17-15-16(21-8-20-15)22-9-23-17)18-25-12-4-3-11(19)7-13(12)28(18)14-5-6-27(2)26-14/h3-10H,1-2H3,(H2,20,21,22,23,24)/t10-/m0/s1. The second-order valence-corrected chi connectivity index (χ2v) is 6.48. The highest BCUT2D eigenvalue weighted by atomic mass is 19.1. The Kier molecular flexibility index (Phi) is 3.57. The van der Waals surface area contributed by atoms with Crippen LogP contribution in [0, 0.1) is 5.82 Å². The van der Waals surface area contributed by atoms with Gasteiger partial charge in [-0.25, -0.2) is 24.3 Å². The predicted molar refractivity (Wildman–Crippen MR) is 102 cm³/mol. The van der Waals surface area contributed by atoms with Crippen molar-refractivity contribution in [3.05, 3.63) is 54.8 Å². The van der Waals surface area contributed by atoms with E-state index in [9.17, 15) is 4.39 Å². The number of aromatic amines is 1. The Morgan fingerprint density at radius 3 is 2.89 bits per heavy atom. The molecule has 4 heterocycles. The average Bonchev–Trinajstić information content (AvgIpc) is 3.39. The van der Waals surface area contributed by atoms with Gasteiger partial charge in [-0.15, -0.1) is 0 Å². The zero-order valence-electron chi connectivity index (χ0n) is 15.1. The van der Waals surface area contributed by atoms with Crippen molar-refractivity contribution in [1.82, 2.24) is 39.3 Å². The van der Waals surface area contributed by atoms with Crippen molar-refractivity contribution in [1.29, 1.82) is 0 Å². The first-order valence-electron chi connectivity index (χ1n) is 8.68. The molecule has 0 fully saturated rings. The van der Waals surface area contributed by atoms with Gasteiger partial charge in [0.05, 0.1) is 23.4 Å². The summed E-state index contributed by atoms with van der Waals surface area (Å²) in [5.74, 6) is 1.63. The number of hydrogen-bond acceptors (Lipinski definition) is 6. The maximum absolute atomic E-state index is 13.9. The summed E-state index contributed by atoms with van der Waals surface area (Å²) < 4.78 is 17.5. The number of rotatable bonds is 4. The van der Waals surface area contributed by atoms with Crippen molar-refractivity contribution in [3.8, 4) is 5.82 Å². The van der Waals surface area contributed by atoms with E-state index in [4.69, 9.17) is 4.98 Å². The third kappa shape index (κ3) is 2.57. The number of fused-ring (bicyclic) bond motifs is 2. The molecule has 0 saturated heterocycles. The Bertz CT molecular complexity index is 1300. The molecule has 0 amide bonds. The van der Waals surface area contributed by atoms with Crippen molar-refractivity contribution in [2.75, 3.05) is 5.32 Å². The lowest BCUT2D eigenvalue weighted by Gasteiger charge is -2.15. The summed E-state index contributed by atoms with van der Waals surface area (Å²) in [6.45, 7) is 1.96. The molecule has 0 radical (unpaired) electrons.